The third-order valence-corrected chi connectivity index (χ3v) is 0. The molecule has 0 saturated heterocycles. The quantitative estimate of drug-likeness (QED) is 0.431. The molecular weight excluding hydrogens is 118 g/mol. The molecule has 28 valence electrons. The Morgan fingerprint density at radius 3 is 1.20 bits per heavy atom. The van der Waals surface area contributed by atoms with E-state index < -0.39 is 0 Å². The van der Waals surface area contributed by atoms with Crippen LogP contribution in [0, 0.1) is 0 Å². The Bertz CT molecular complexity index is 19.1. The Morgan fingerprint density at radius 1 is 1.20 bits per heavy atom. The third-order valence-electron chi connectivity index (χ3n) is 0. The molecule has 0 atom stereocenters. The summed E-state index contributed by atoms with van der Waals surface area (Å²) in [4.78, 5) is 0. The normalized spacial score (nSPS) is 11.8. The minimum atomic E-state index is 0.562. The molecule has 0 aromatic heterocycles. The van der Waals surface area contributed by atoms with Crippen LogP contribution >= 0.6 is 0 Å². The fourth-order valence-electron chi connectivity index (χ4n) is 0. The van der Waals surface area contributed by atoms with Crippen molar-refractivity contribution in [1.29, 1.82) is 0 Å². The van der Waals surface area contributed by atoms with Crippen LogP contribution in [0.5, 0.6) is 0 Å². The van der Waals surface area contributed by atoms with Crippen molar-refractivity contribution >= 4 is 18.6 Å². The summed E-state index contributed by atoms with van der Waals surface area (Å²) in [5, 5.41) is 0. The van der Waals surface area contributed by atoms with Crippen LogP contribution in [0.25, 0.3) is 0 Å². The van der Waals surface area contributed by atoms with Crippen LogP contribution in [-0.2, 0) is 0 Å². The molecule has 0 aliphatic rings. The van der Waals surface area contributed by atoms with Gasteiger partial charge >= 0.3 is 43.3 Å². The van der Waals surface area contributed by atoms with E-state index in [0.717, 1.165) is 0 Å². The second kappa shape index (κ2) is 1.39. The first kappa shape index (κ1) is 5.64. The van der Waals surface area contributed by atoms with Gasteiger partial charge in [0.15, 0.2) is 0 Å². The average Bonchev–Trinajstić information content (AvgIpc) is 0.722. The van der Waals surface area contributed by atoms with Gasteiger partial charge in [0, 0.05) is 0 Å². The first-order valence-corrected chi connectivity index (χ1v) is 3.00. The van der Waals surface area contributed by atoms with Crippen LogP contribution in [0.3, 0.4) is 0 Å². The molecule has 0 rings (SSSR count). The van der Waals surface area contributed by atoms with Crippen LogP contribution in [0.2, 0.25) is 3.97 Å². The summed E-state index contributed by atoms with van der Waals surface area (Å²) in [6, 6.07) is 0. The predicted molar refractivity (Wildman–Crippen MR) is 25.5 cm³/mol. The number of hydrogen-bond donors (Lipinski definition) is 0. The Kier molecular flexibility index (Phi) is 1.57. The van der Waals surface area contributed by atoms with Crippen molar-refractivity contribution in [3.05, 3.63) is 0 Å². The zero-order valence-corrected chi connectivity index (χ0v) is 6.50. The standard InChI is InChI=1S/C4H9.Ga/c1-4(2)3;/h1-3H3;. The van der Waals surface area contributed by atoms with E-state index in [9.17, 15) is 0 Å². The molecule has 0 fully saturated rings. The van der Waals surface area contributed by atoms with Gasteiger partial charge in [-0.05, 0) is 0 Å². The summed E-state index contributed by atoms with van der Waals surface area (Å²) in [5.41, 5.74) is 0. The van der Waals surface area contributed by atoms with E-state index in [1.807, 2.05) is 0 Å². The Morgan fingerprint density at radius 2 is 1.20 bits per heavy atom. The van der Waals surface area contributed by atoms with Gasteiger partial charge in [0.2, 0.25) is 0 Å². The van der Waals surface area contributed by atoms with Crippen molar-refractivity contribution in [2.45, 2.75) is 24.7 Å². The van der Waals surface area contributed by atoms with Crippen molar-refractivity contribution in [3.8, 4) is 0 Å². The number of hydrogen-bond acceptors (Lipinski definition) is 0. The molecule has 0 bridgehead atoms. The summed E-state index contributed by atoms with van der Waals surface area (Å²) in [6.07, 6.45) is 0. The van der Waals surface area contributed by atoms with Gasteiger partial charge in [-0.1, -0.05) is 0 Å². The van der Waals surface area contributed by atoms with Gasteiger partial charge < -0.3 is 0 Å². The SMILES string of the molecule is C[C](C)(C)[Ga]. The number of rotatable bonds is 0. The van der Waals surface area contributed by atoms with E-state index in [-0.39, 0.29) is 0 Å². The first-order chi connectivity index (χ1) is 2.00. The van der Waals surface area contributed by atoms with Gasteiger partial charge in [-0.2, -0.15) is 0 Å². The summed E-state index contributed by atoms with van der Waals surface area (Å²) in [7, 11) is 0. The van der Waals surface area contributed by atoms with Gasteiger partial charge in [-0.3, -0.25) is 0 Å². The van der Waals surface area contributed by atoms with E-state index in [1.54, 1.807) is 18.6 Å². The minimum absolute atomic E-state index is 0.562. The molecule has 0 heterocycles. The van der Waals surface area contributed by atoms with Gasteiger partial charge in [0.25, 0.3) is 0 Å². The van der Waals surface area contributed by atoms with Crippen molar-refractivity contribution in [2.75, 3.05) is 0 Å². The molecule has 0 aliphatic carbocycles. The van der Waals surface area contributed by atoms with Crippen molar-refractivity contribution < 1.29 is 0 Å². The molecule has 5 heavy (non-hydrogen) atoms. The van der Waals surface area contributed by atoms with Crippen LogP contribution in [0.4, 0.5) is 0 Å². The molecule has 0 spiro atoms. The Hall–Kier alpha value is 0.636. The van der Waals surface area contributed by atoms with E-state index in [2.05, 4.69) is 20.8 Å². The maximum atomic E-state index is 2.22. The van der Waals surface area contributed by atoms with E-state index in [4.69, 9.17) is 0 Å². The zero-order chi connectivity index (χ0) is 4.50. The predicted octanol–water partition coefficient (Wildman–Crippen LogP) is 1.37. The van der Waals surface area contributed by atoms with Gasteiger partial charge in [-0.15, -0.1) is 0 Å². The molecule has 0 aliphatic heterocycles. The van der Waals surface area contributed by atoms with Crippen LogP contribution in [0.1, 0.15) is 20.8 Å². The molecule has 0 N–H and O–H groups in total. The monoisotopic (exact) mass is 126 g/mol. The average molecular weight is 127 g/mol. The summed E-state index contributed by atoms with van der Waals surface area (Å²) >= 11 is 1.79. The van der Waals surface area contributed by atoms with E-state index in [0.29, 0.717) is 3.97 Å². The molecule has 2 radical (unpaired) electrons. The fraction of sp³-hybridized carbons (Fsp3) is 1.00. The second-order valence-corrected chi connectivity index (χ2v) is 6.00. The Balaban J connectivity index is 3.02. The van der Waals surface area contributed by atoms with Gasteiger partial charge in [-0.25, -0.2) is 0 Å². The molecule has 0 nitrogen and oxygen atoms in total. The summed E-state index contributed by atoms with van der Waals surface area (Å²) in [5.74, 6) is 0. The first-order valence-electron chi connectivity index (χ1n) is 1.79. The van der Waals surface area contributed by atoms with Crippen molar-refractivity contribution in [3.63, 3.8) is 0 Å². The Labute approximate surface area is 43.9 Å². The van der Waals surface area contributed by atoms with Crippen molar-refractivity contribution in [2.24, 2.45) is 0 Å². The molecule has 0 unspecified atom stereocenters. The van der Waals surface area contributed by atoms with Crippen LogP contribution < -0.4 is 0 Å². The van der Waals surface area contributed by atoms with Crippen molar-refractivity contribution in [1.82, 2.24) is 0 Å². The molecule has 0 amide bonds. The zero-order valence-electron chi connectivity index (χ0n) is 4.08. The molecular formula is C4H9Ga. The summed E-state index contributed by atoms with van der Waals surface area (Å²) in [6.45, 7) is 6.65. The second-order valence-electron chi connectivity index (χ2n) is 2.37. The third kappa shape index (κ3) is 79.6. The van der Waals surface area contributed by atoms with Crippen LogP contribution in [-0.4, -0.2) is 18.6 Å². The maximum absolute atomic E-state index is 2.22. The van der Waals surface area contributed by atoms with Crippen LogP contribution in [0.15, 0.2) is 0 Å². The molecule has 0 saturated carbocycles. The molecule has 0 aromatic rings. The van der Waals surface area contributed by atoms with E-state index >= 15 is 0 Å². The topological polar surface area (TPSA) is 0 Å². The van der Waals surface area contributed by atoms with E-state index in [1.165, 1.54) is 0 Å². The fourth-order valence-corrected chi connectivity index (χ4v) is 0. The molecule has 1 heteroatoms. The molecule has 0 aromatic carbocycles. The van der Waals surface area contributed by atoms with Gasteiger partial charge in [0.05, 0.1) is 0 Å². The van der Waals surface area contributed by atoms with Gasteiger partial charge in [0.1, 0.15) is 0 Å². The summed E-state index contributed by atoms with van der Waals surface area (Å²) < 4.78 is 0.562.